The third-order valence-corrected chi connectivity index (χ3v) is 7.33. The fraction of sp³-hybridized carbons (Fsp3) is 0.389. The van der Waals surface area contributed by atoms with Crippen molar-refractivity contribution in [2.45, 2.75) is 23.9 Å². The Hall–Kier alpha value is -1.97. The molecule has 9 heteroatoms. The van der Waals surface area contributed by atoms with E-state index >= 15 is 0 Å². The lowest BCUT2D eigenvalue weighted by atomic mass is 10.1. The Morgan fingerprint density at radius 2 is 1.74 bits per heavy atom. The van der Waals surface area contributed by atoms with Crippen molar-refractivity contribution in [3.63, 3.8) is 0 Å². The minimum absolute atomic E-state index is 0.0318. The van der Waals surface area contributed by atoms with Crippen molar-refractivity contribution in [1.82, 2.24) is 19.2 Å². The zero-order valence-corrected chi connectivity index (χ0v) is 17.0. The first-order valence-corrected chi connectivity index (χ1v) is 11.1. The number of thioether (sulfide) groups is 1. The van der Waals surface area contributed by atoms with Crippen molar-refractivity contribution < 1.29 is 13.2 Å². The maximum Gasteiger partial charge on any atom is 0.243 e. The highest BCUT2D eigenvalue weighted by Gasteiger charge is 2.30. The molecule has 1 amide bonds. The number of hydrogen-bond donors (Lipinski definition) is 0. The van der Waals surface area contributed by atoms with E-state index in [0.717, 1.165) is 11.1 Å². The zero-order valence-electron chi connectivity index (χ0n) is 15.3. The molecular formula is C18H22N4O3S2. The Morgan fingerprint density at radius 3 is 2.37 bits per heavy atom. The average molecular weight is 407 g/mol. The highest BCUT2D eigenvalue weighted by Crippen LogP contribution is 2.21. The van der Waals surface area contributed by atoms with Crippen LogP contribution in [-0.4, -0.2) is 65.4 Å². The quantitative estimate of drug-likeness (QED) is 0.555. The Bertz CT molecular complexity index is 911. The average Bonchev–Trinajstić information content (AvgIpc) is 2.69. The number of aryl methyl sites for hydroxylation is 2. The molecule has 0 bridgehead atoms. The summed E-state index contributed by atoms with van der Waals surface area (Å²) in [7, 11) is -3.54. The van der Waals surface area contributed by atoms with E-state index in [2.05, 4.69) is 9.97 Å². The van der Waals surface area contributed by atoms with Gasteiger partial charge in [0.1, 0.15) is 0 Å². The second-order valence-corrected chi connectivity index (χ2v) is 9.23. The Kier molecular flexibility index (Phi) is 6.13. The van der Waals surface area contributed by atoms with Crippen LogP contribution in [0.1, 0.15) is 11.1 Å². The fourth-order valence-corrected chi connectivity index (χ4v) is 4.99. The molecular weight excluding hydrogens is 384 g/mol. The topological polar surface area (TPSA) is 83.5 Å². The van der Waals surface area contributed by atoms with Crippen molar-refractivity contribution >= 4 is 27.7 Å². The van der Waals surface area contributed by atoms with Gasteiger partial charge in [0.05, 0.1) is 10.6 Å². The number of rotatable bonds is 5. The molecule has 0 N–H and O–H groups in total. The molecule has 0 aliphatic carbocycles. The Balaban J connectivity index is 1.57. The minimum atomic E-state index is -3.54. The summed E-state index contributed by atoms with van der Waals surface area (Å²) in [5, 5.41) is 0.557. The molecule has 1 aromatic heterocycles. The van der Waals surface area contributed by atoms with Gasteiger partial charge in [-0.25, -0.2) is 18.4 Å². The molecule has 1 saturated heterocycles. The summed E-state index contributed by atoms with van der Waals surface area (Å²) in [5.41, 5.74) is 2.01. The molecule has 1 fully saturated rings. The summed E-state index contributed by atoms with van der Waals surface area (Å²) < 4.78 is 27.1. The van der Waals surface area contributed by atoms with Crippen LogP contribution in [0, 0.1) is 13.8 Å². The third-order valence-electron chi connectivity index (χ3n) is 4.57. The zero-order chi connectivity index (χ0) is 19.4. The Labute approximate surface area is 163 Å². The van der Waals surface area contributed by atoms with Crippen LogP contribution in [0.25, 0.3) is 0 Å². The van der Waals surface area contributed by atoms with Gasteiger partial charge < -0.3 is 4.90 Å². The number of nitrogens with zero attached hydrogens (tertiary/aromatic N) is 4. The molecule has 1 aromatic carbocycles. The number of carbonyl (C=O) groups excluding carboxylic acids is 1. The van der Waals surface area contributed by atoms with Crippen molar-refractivity contribution in [2.24, 2.45) is 0 Å². The lowest BCUT2D eigenvalue weighted by Gasteiger charge is -2.34. The van der Waals surface area contributed by atoms with Crippen molar-refractivity contribution in [3.8, 4) is 0 Å². The van der Waals surface area contributed by atoms with Crippen LogP contribution in [0.2, 0.25) is 0 Å². The van der Waals surface area contributed by atoms with Crippen LogP contribution in [0.15, 0.2) is 46.7 Å². The van der Waals surface area contributed by atoms with Crippen molar-refractivity contribution in [2.75, 3.05) is 31.9 Å². The molecule has 3 rings (SSSR count). The lowest BCUT2D eigenvalue weighted by molar-refractivity contribution is -0.129. The molecule has 2 aromatic rings. The Morgan fingerprint density at radius 1 is 1.07 bits per heavy atom. The second-order valence-electron chi connectivity index (χ2n) is 6.35. The number of aromatic nitrogens is 2. The molecule has 0 saturated carbocycles. The predicted octanol–water partition coefficient (Wildman–Crippen LogP) is 1.72. The SMILES string of the molecule is Cc1ccc(S(=O)(=O)N2CCN(C(=O)CSc3ncccn3)CC2)cc1C. The van der Waals surface area contributed by atoms with E-state index in [0.29, 0.717) is 36.2 Å². The fourth-order valence-electron chi connectivity index (χ4n) is 2.78. The highest BCUT2D eigenvalue weighted by molar-refractivity contribution is 7.99. The molecule has 27 heavy (non-hydrogen) atoms. The summed E-state index contributed by atoms with van der Waals surface area (Å²) in [4.78, 5) is 22.5. The van der Waals surface area contributed by atoms with E-state index in [-0.39, 0.29) is 11.7 Å². The first-order chi connectivity index (χ1) is 12.9. The van der Waals surface area contributed by atoms with E-state index in [1.807, 2.05) is 19.9 Å². The van der Waals surface area contributed by atoms with Crippen LogP contribution in [0.5, 0.6) is 0 Å². The smallest absolute Gasteiger partial charge is 0.243 e. The first kappa shape index (κ1) is 19.8. The second kappa shape index (κ2) is 8.37. The van der Waals surface area contributed by atoms with Gasteiger partial charge in [0.2, 0.25) is 15.9 Å². The molecule has 0 spiro atoms. The molecule has 1 aliphatic rings. The lowest BCUT2D eigenvalue weighted by Crippen LogP contribution is -2.51. The normalized spacial score (nSPS) is 15.7. The summed E-state index contributed by atoms with van der Waals surface area (Å²) >= 11 is 1.28. The number of piperazine rings is 1. The summed E-state index contributed by atoms with van der Waals surface area (Å²) in [6, 6.07) is 6.90. The molecule has 0 radical (unpaired) electrons. The maximum absolute atomic E-state index is 12.8. The monoisotopic (exact) mass is 406 g/mol. The largest absolute Gasteiger partial charge is 0.339 e. The van der Waals surface area contributed by atoms with Gasteiger partial charge in [0.25, 0.3) is 0 Å². The number of amides is 1. The van der Waals surface area contributed by atoms with E-state index < -0.39 is 10.0 Å². The van der Waals surface area contributed by atoms with Gasteiger partial charge in [-0.05, 0) is 43.2 Å². The number of hydrogen-bond acceptors (Lipinski definition) is 6. The number of carbonyl (C=O) groups is 1. The third kappa shape index (κ3) is 4.66. The van der Waals surface area contributed by atoms with Gasteiger partial charge >= 0.3 is 0 Å². The van der Waals surface area contributed by atoms with Gasteiger partial charge in [-0.15, -0.1) is 0 Å². The molecule has 0 atom stereocenters. The summed E-state index contributed by atoms with van der Waals surface area (Å²) in [5.74, 6) is 0.212. The van der Waals surface area contributed by atoms with Crippen molar-refractivity contribution in [3.05, 3.63) is 47.8 Å². The van der Waals surface area contributed by atoms with E-state index in [4.69, 9.17) is 0 Å². The molecule has 0 unspecified atom stereocenters. The molecule has 7 nitrogen and oxygen atoms in total. The molecule has 2 heterocycles. The highest BCUT2D eigenvalue weighted by atomic mass is 32.2. The van der Waals surface area contributed by atoms with Crippen LogP contribution in [0.3, 0.4) is 0 Å². The van der Waals surface area contributed by atoms with E-state index in [1.54, 1.807) is 35.5 Å². The number of benzene rings is 1. The van der Waals surface area contributed by atoms with Crippen LogP contribution >= 0.6 is 11.8 Å². The van der Waals surface area contributed by atoms with Crippen molar-refractivity contribution in [1.29, 1.82) is 0 Å². The minimum Gasteiger partial charge on any atom is -0.339 e. The van der Waals surface area contributed by atoms with Gasteiger partial charge in [0, 0.05) is 38.6 Å². The molecule has 1 aliphatic heterocycles. The molecule has 144 valence electrons. The van der Waals surface area contributed by atoms with E-state index in [1.165, 1.54) is 16.1 Å². The van der Waals surface area contributed by atoms with E-state index in [9.17, 15) is 13.2 Å². The maximum atomic E-state index is 12.8. The summed E-state index contributed by atoms with van der Waals surface area (Å²) in [6.07, 6.45) is 3.27. The van der Waals surface area contributed by atoms with Crippen LogP contribution in [-0.2, 0) is 14.8 Å². The van der Waals surface area contributed by atoms with Crippen LogP contribution in [0.4, 0.5) is 0 Å². The summed E-state index contributed by atoms with van der Waals surface area (Å²) in [6.45, 7) is 5.23. The van der Waals surface area contributed by atoms with Gasteiger partial charge in [-0.1, -0.05) is 17.8 Å². The van der Waals surface area contributed by atoms with Gasteiger partial charge in [0.15, 0.2) is 5.16 Å². The predicted molar refractivity (Wildman–Crippen MR) is 104 cm³/mol. The van der Waals surface area contributed by atoms with Gasteiger partial charge in [-0.3, -0.25) is 4.79 Å². The number of sulfonamides is 1. The first-order valence-electron chi connectivity index (χ1n) is 8.63. The van der Waals surface area contributed by atoms with Gasteiger partial charge in [-0.2, -0.15) is 4.31 Å². The standard InChI is InChI=1S/C18H22N4O3S2/c1-14-4-5-16(12-15(14)2)27(24,25)22-10-8-21(9-11-22)17(23)13-26-18-19-6-3-7-20-18/h3-7,12H,8-11,13H2,1-2H3. The van der Waals surface area contributed by atoms with Crippen LogP contribution < -0.4 is 0 Å².